The van der Waals surface area contributed by atoms with Gasteiger partial charge in [0.25, 0.3) is 10.0 Å². The summed E-state index contributed by atoms with van der Waals surface area (Å²) in [7, 11) is -3.68. The SMILES string of the molecule is O=S(=O)(c1ccc2ccccc2c1)n1cc(C2CCCNC2)c2ccccc21. The highest BCUT2D eigenvalue weighted by molar-refractivity contribution is 7.90. The third kappa shape index (κ3) is 2.82. The third-order valence-corrected chi connectivity index (χ3v) is 7.39. The molecule has 4 nitrogen and oxygen atoms in total. The molecule has 1 aromatic heterocycles. The lowest BCUT2D eigenvalue weighted by Crippen LogP contribution is -2.28. The third-order valence-electron chi connectivity index (χ3n) is 5.72. The number of benzene rings is 3. The van der Waals surface area contributed by atoms with Crippen molar-refractivity contribution in [3.8, 4) is 0 Å². The minimum Gasteiger partial charge on any atom is -0.316 e. The van der Waals surface area contributed by atoms with Gasteiger partial charge in [0, 0.05) is 18.1 Å². The summed E-state index contributed by atoms with van der Waals surface area (Å²) in [5, 5.41) is 6.43. The summed E-state index contributed by atoms with van der Waals surface area (Å²) in [6, 6.07) is 21.0. The van der Waals surface area contributed by atoms with Gasteiger partial charge in [-0.05, 0) is 59.8 Å². The van der Waals surface area contributed by atoms with Gasteiger partial charge in [-0.2, -0.15) is 0 Å². The molecule has 2 heterocycles. The fourth-order valence-corrected chi connectivity index (χ4v) is 5.67. The first-order valence-electron chi connectivity index (χ1n) is 9.70. The molecule has 1 atom stereocenters. The van der Waals surface area contributed by atoms with E-state index >= 15 is 0 Å². The van der Waals surface area contributed by atoms with E-state index in [1.807, 2.05) is 60.8 Å². The molecular weight excluding hydrogens is 368 g/mol. The van der Waals surface area contributed by atoms with Gasteiger partial charge in [-0.3, -0.25) is 0 Å². The van der Waals surface area contributed by atoms with Crippen molar-refractivity contribution in [1.29, 1.82) is 0 Å². The van der Waals surface area contributed by atoms with Gasteiger partial charge < -0.3 is 5.32 Å². The number of nitrogens with one attached hydrogen (secondary N) is 1. The maximum absolute atomic E-state index is 13.5. The average molecular weight is 391 g/mol. The molecule has 142 valence electrons. The molecule has 1 fully saturated rings. The predicted octanol–water partition coefficient (Wildman–Crippen LogP) is 4.50. The van der Waals surface area contributed by atoms with E-state index in [2.05, 4.69) is 5.32 Å². The first-order valence-corrected chi connectivity index (χ1v) is 11.1. The molecule has 0 amide bonds. The van der Waals surface area contributed by atoms with Gasteiger partial charge in [-0.15, -0.1) is 0 Å². The van der Waals surface area contributed by atoms with E-state index in [1.54, 1.807) is 12.1 Å². The van der Waals surface area contributed by atoms with Crippen LogP contribution in [0.5, 0.6) is 0 Å². The standard InChI is InChI=1S/C23H22N2O2S/c26-28(27,20-12-11-17-6-1-2-7-18(17)14-20)25-16-22(19-8-5-13-24-15-19)21-9-3-4-10-23(21)25/h1-4,6-7,9-12,14,16,19,24H,5,8,13,15H2. The van der Waals surface area contributed by atoms with E-state index in [-0.39, 0.29) is 0 Å². The highest BCUT2D eigenvalue weighted by Crippen LogP contribution is 2.34. The van der Waals surface area contributed by atoms with E-state index in [1.165, 1.54) is 3.97 Å². The quantitative estimate of drug-likeness (QED) is 0.560. The molecule has 0 bridgehead atoms. The Morgan fingerprint density at radius 3 is 2.54 bits per heavy atom. The monoisotopic (exact) mass is 390 g/mol. The molecule has 28 heavy (non-hydrogen) atoms. The fourth-order valence-electron chi connectivity index (χ4n) is 4.26. The number of para-hydroxylation sites is 1. The summed E-state index contributed by atoms with van der Waals surface area (Å²) in [5.41, 5.74) is 1.86. The first-order chi connectivity index (χ1) is 13.6. The number of rotatable bonds is 3. The van der Waals surface area contributed by atoms with E-state index < -0.39 is 10.0 Å². The molecule has 1 N–H and O–H groups in total. The minimum absolute atomic E-state index is 0.320. The van der Waals surface area contributed by atoms with Gasteiger partial charge in [0.15, 0.2) is 0 Å². The summed E-state index contributed by atoms with van der Waals surface area (Å²) in [5.74, 6) is 0.340. The van der Waals surface area contributed by atoms with Crippen LogP contribution < -0.4 is 5.32 Å². The van der Waals surface area contributed by atoms with Gasteiger partial charge in [0.1, 0.15) is 0 Å². The van der Waals surface area contributed by atoms with Crippen molar-refractivity contribution in [2.24, 2.45) is 0 Å². The Labute approximate surface area is 164 Å². The number of piperidine rings is 1. The fraction of sp³-hybridized carbons (Fsp3) is 0.217. The van der Waals surface area contributed by atoms with Crippen molar-refractivity contribution < 1.29 is 8.42 Å². The summed E-state index contributed by atoms with van der Waals surface area (Å²) >= 11 is 0. The van der Waals surface area contributed by atoms with Crippen molar-refractivity contribution in [1.82, 2.24) is 9.29 Å². The molecule has 0 radical (unpaired) electrons. The Kier molecular flexibility index (Phi) is 4.22. The number of nitrogens with zero attached hydrogens (tertiary/aromatic N) is 1. The first kappa shape index (κ1) is 17.5. The smallest absolute Gasteiger partial charge is 0.268 e. The summed E-state index contributed by atoms with van der Waals surface area (Å²) in [6.07, 6.45) is 4.03. The van der Waals surface area contributed by atoms with Gasteiger partial charge in [0.2, 0.25) is 0 Å². The molecule has 0 saturated carbocycles. The van der Waals surface area contributed by atoms with Crippen LogP contribution in [0.4, 0.5) is 0 Å². The van der Waals surface area contributed by atoms with Gasteiger partial charge >= 0.3 is 0 Å². The highest BCUT2D eigenvalue weighted by Gasteiger charge is 2.25. The zero-order valence-corrected chi connectivity index (χ0v) is 16.3. The Bertz CT molecular complexity index is 1270. The van der Waals surface area contributed by atoms with Crippen molar-refractivity contribution in [2.75, 3.05) is 13.1 Å². The van der Waals surface area contributed by atoms with Crippen LogP contribution in [0.2, 0.25) is 0 Å². The van der Waals surface area contributed by atoms with Gasteiger partial charge in [-0.1, -0.05) is 48.5 Å². The second-order valence-corrected chi connectivity index (χ2v) is 9.27. The average Bonchev–Trinajstić information content (AvgIpc) is 3.14. The number of hydrogen-bond donors (Lipinski definition) is 1. The van der Waals surface area contributed by atoms with Crippen molar-refractivity contribution in [3.05, 3.63) is 78.5 Å². The van der Waals surface area contributed by atoms with Crippen LogP contribution >= 0.6 is 0 Å². The number of aromatic nitrogens is 1. The molecule has 0 spiro atoms. The molecular formula is C23H22N2O2S. The van der Waals surface area contributed by atoms with Gasteiger partial charge in [0.05, 0.1) is 10.4 Å². The second-order valence-electron chi connectivity index (χ2n) is 7.45. The van der Waals surface area contributed by atoms with Crippen LogP contribution in [-0.4, -0.2) is 25.5 Å². The van der Waals surface area contributed by atoms with Crippen molar-refractivity contribution >= 4 is 31.7 Å². The Balaban J connectivity index is 1.68. The van der Waals surface area contributed by atoms with Crippen LogP contribution in [0.25, 0.3) is 21.7 Å². The van der Waals surface area contributed by atoms with Crippen LogP contribution in [0.3, 0.4) is 0 Å². The largest absolute Gasteiger partial charge is 0.316 e. The van der Waals surface area contributed by atoms with Crippen LogP contribution in [0, 0.1) is 0 Å². The molecule has 0 aliphatic carbocycles. The zero-order valence-electron chi connectivity index (χ0n) is 15.5. The molecule has 1 unspecified atom stereocenters. The number of fused-ring (bicyclic) bond motifs is 2. The normalized spacial score (nSPS) is 17.9. The zero-order chi connectivity index (χ0) is 19.1. The topological polar surface area (TPSA) is 51.1 Å². The molecule has 4 aromatic rings. The molecule has 3 aromatic carbocycles. The van der Waals surface area contributed by atoms with Crippen LogP contribution in [0.15, 0.2) is 77.8 Å². The highest BCUT2D eigenvalue weighted by atomic mass is 32.2. The Morgan fingerprint density at radius 1 is 0.929 bits per heavy atom. The Morgan fingerprint density at radius 2 is 1.71 bits per heavy atom. The minimum atomic E-state index is -3.68. The molecule has 5 rings (SSSR count). The lowest BCUT2D eigenvalue weighted by molar-refractivity contribution is 0.463. The van der Waals surface area contributed by atoms with Gasteiger partial charge in [-0.25, -0.2) is 12.4 Å². The van der Waals surface area contributed by atoms with E-state index in [0.717, 1.165) is 53.2 Å². The lowest BCUT2D eigenvalue weighted by atomic mass is 9.91. The predicted molar refractivity (Wildman–Crippen MR) is 113 cm³/mol. The van der Waals surface area contributed by atoms with Crippen LogP contribution in [0.1, 0.15) is 24.3 Å². The number of hydrogen-bond acceptors (Lipinski definition) is 3. The second kappa shape index (κ2) is 6.76. The van der Waals surface area contributed by atoms with E-state index in [9.17, 15) is 8.42 Å². The van der Waals surface area contributed by atoms with Crippen molar-refractivity contribution in [2.45, 2.75) is 23.7 Å². The van der Waals surface area contributed by atoms with Crippen molar-refractivity contribution in [3.63, 3.8) is 0 Å². The molecule has 5 heteroatoms. The van der Waals surface area contributed by atoms with E-state index in [0.29, 0.717) is 10.8 Å². The molecule has 1 saturated heterocycles. The maximum atomic E-state index is 13.5. The molecule has 1 aliphatic rings. The molecule has 1 aliphatic heterocycles. The maximum Gasteiger partial charge on any atom is 0.268 e. The Hall–Kier alpha value is -2.63. The summed E-state index contributed by atoms with van der Waals surface area (Å²) in [6.45, 7) is 1.93. The van der Waals surface area contributed by atoms with Crippen LogP contribution in [-0.2, 0) is 10.0 Å². The summed E-state index contributed by atoms with van der Waals surface area (Å²) < 4.78 is 28.5. The lowest BCUT2D eigenvalue weighted by Gasteiger charge is -2.22. The van der Waals surface area contributed by atoms with E-state index in [4.69, 9.17) is 0 Å². The summed E-state index contributed by atoms with van der Waals surface area (Å²) in [4.78, 5) is 0.320.